The second kappa shape index (κ2) is 6.76. The molecule has 1 N–H and O–H groups in total. The molecule has 6 heteroatoms. The van der Waals surface area contributed by atoms with Crippen LogP contribution < -0.4 is 5.32 Å². The van der Waals surface area contributed by atoms with Crippen molar-refractivity contribution in [2.24, 2.45) is 0 Å². The molecule has 1 rings (SSSR count). The van der Waals surface area contributed by atoms with Crippen LogP contribution in [0.1, 0.15) is 0 Å². The van der Waals surface area contributed by atoms with Crippen molar-refractivity contribution in [3.8, 4) is 0 Å². The maximum absolute atomic E-state index is 11.3. The van der Waals surface area contributed by atoms with E-state index in [2.05, 4.69) is 26.2 Å². The highest BCUT2D eigenvalue weighted by Gasteiger charge is 2.02. The van der Waals surface area contributed by atoms with E-state index in [1.165, 1.54) is 0 Å². The average Bonchev–Trinajstić information content (AvgIpc) is 2.18. The predicted molar refractivity (Wildman–Crippen MR) is 62.1 cm³/mol. The first-order chi connectivity index (χ1) is 7.22. The summed E-state index contributed by atoms with van der Waals surface area (Å²) in [6.07, 6.45) is 1.60. The summed E-state index contributed by atoms with van der Waals surface area (Å²) in [7, 11) is 0. The van der Waals surface area contributed by atoms with Crippen LogP contribution in [0.5, 0.6) is 0 Å². The van der Waals surface area contributed by atoms with E-state index in [1.54, 1.807) is 18.3 Å². The summed E-state index contributed by atoms with van der Waals surface area (Å²) in [6, 6.07) is 3.41. The minimum Gasteiger partial charge on any atom is -0.370 e. The molecule has 1 aromatic heterocycles. The van der Waals surface area contributed by atoms with Crippen molar-refractivity contribution in [3.63, 3.8) is 0 Å². The lowest BCUT2D eigenvalue weighted by Gasteiger charge is -2.05. The summed E-state index contributed by atoms with van der Waals surface area (Å²) in [5.41, 5.74) is 0.677. The van der Waals surface area contributed by atoms with E-state index in [-0.39, 0.29) is 12.5 Å². The summed E-state index contributed by atoms with van der Waals surface area (Å²) in [5, 5.41) is 2.66. The van der Waals surface area contributed by atoms with E-state index in [4.69, 9.17) is 16.3 Å². The largest absolute Gasteiger partial charge is 0.370 e. The second-order valence-corrected chi connectivity index (χ2v) is 3.85. The Morgan fingerprint density at radius 3 is 3.13 bits per heavy atom. The van der Waals surface area contributed by atoms with Crippen LogP contribution in [0.25, 0.3) is 0 Å². The van der Waals surface area contributed by atoms with Gasteiger partial charge in [0.1, 0.15) is 11.2 Å². The van der Waals surface area contributed by atoms with Gasteiger partial charge in [0.25, 0.3) is 0 Å². The number of aromatic nitrogens is 1. The van der Waals surface area contributed by atoms with Gasteiger partial charge in [0, 0.05) is 17.8 Å². The van der Waals surface area contributed by atoms with E-state index in [0.717, 1.165) is 0 Å². The van der Waals surface area contributed by atoms with Crippen LogP contribution in [0.3, 0.4) is 0 Å². The molecule has 0 unspecified atom stereocenters. The lowest BCUT2D eigenvalue weighted by atomic mass is 10.4. The molecule has 0 aliphatic rings. The third kappa shape index (κ3) is 5.11. The van der Waals surface area contributed by atoms with Crippen LogP contribution in [0, 0.1) is 0 Å². The lowest BCUT2D eigenvalue weighted by Crippen LogP contribution is -2.18. The number of alkyl halides is 1. The van der Waals surface area contributed by atoms with Crippen LogP contribution in [-0.4, -0.2) is 30.0 Å². The number of rotatable bonds is 5. The monoisotopic (exact) mass is 292 g/mol. The molecule has 0 aliphatic carbocycles. The zero-order valence-corrected chi connectivity index (χ0v) is 10.2. The Balaban J connectivity index is 2.37. The van der Waals surface area contributed by atoms with Gasteiger partial charge in [-0.15, -0.1) is 11.6 Å². The summed E-state index contributed by atoms with van der Waals surface area (Å²) >= 11 is 8.60. The number of carbonyl (C=O) groups is 1. The third-order valence-electron chi connectivity index (χ3n) is 1.46. The maximum Gasteiger partial charge on any atom is 0.250 e. The topological polar surface area (TPSA) is 51.2 Å². The molecule has 0 aromatic carbocycles. The highest BCUT2D eigenvalue weighted by Crippen LogP contribution is 2.12. The number of amides is 1. The molecule has 0 fully saturated rings. The van der Waals surface area contributed by atoms with Crippen molar-refractivity contribution in [1.29, 1.82) is 0 Å². The molecule has 0 spiro atoms. The number of pyridine rings is 1. The van der Waals surface area contributed by atoms with Crippen LogP contribution >= 0.6 is 27.5 Å². The molecule has 0 aliphatic heterocycles. The first-order valence-corrected chi connectivity index (χ1v) is 5.60. The van der Waals surface area contributed by atoms with Crippen molar-refractivity contribution in [2.75, 3.05) is 24.4 Å². The Kier molecular flexibility index (Phi) is 5.60. The number of nitrogens with one attached hydrogen (secondary N) is 1. The predicted octanol–water partition coefficient (Wildman–Crippen LogP) is 2.04. The number of hydrogen-bond acceptors (Lipinski definition) is 3. The molecule has 0 bridgehead atoms. The average molecular weight is 294 g/mol. The van der Waals surface area contributed by atoms with Gasteiger partial charge >= 0.3 is 0 Å². The Bertz CT molecular complexity index is 336. The van der Waals surface area contributed by atoms with Gasteiger partial charge < -0.3 is 10.1 Å². The third-order valence-corrected chi connectivity index (χ3v) is 2.05. The van der Waals surface area contributed by atoms with Crippen LogP contribution in [0.2, 0.25) is 0 Å². The molecule has 15 heavy (non-hydrogen) atoms. The normalized spacial score (nSPS) is 10.0. The fraction of sp³-hybridized carbons (Fsp3) is 0.333. The van der Waals surface area contributed by atoms with Crippen LogP contribution in [0.4, 0.5) is 5.69 Å². The molecule has 0 atom stereocenters. The fourth-order valence-electron chi connectivity index (χ4n) is 0.897. The Morgan fingerprint density at radius 2 is 2.47 bits per heavy atom. The SMILES string of the molecule is O=C(COCCCl)Nc1ccnc(Br)c1. The van der Waals surface area contributed by atoms with Crippen molar-refractivity contribution < 1.29 is 9.53 Å². The van der Waals surface area contributed by atoms with Crippen LogP contribution in [-0.2, 0) is 9.53 Å². The molecule has 82 valence electrons. The van der Waals surface area contributed by atoms with Gasteiger partial charge in [-0.25, -0.2) is 4.98 Å². The standard InChI is InChI=1S/C9H10BrClN2O2/c10-8-5-7(1-3-12-8)13-9(14)6-15-4-2-11/h1,3,5H,2,4,6H2,(H,12,13,14). The van der Waals surface area contributed by atoms with Crippen molar-refractivity contribution in [1.82, 2.24) is 4.98 Å². The Morgan fingerprint density at radius 1 is 1.67 bits per heavy atom. The number of anilines is 1. The van der Waals surface area contributed by atoms with Gasteiger partial charge in [-0.2, -0.15) is 0 Å². The van der Waals surface area contributed by atoms with Crippen molar-refractivity contribution >= 4 is 39.1 Å². The molecule has 1 amide bonds. The molecule has 0 saturated heterocycles. The van der Waals surface area contributed by atoms with Gasteiger partial charge in [0.2, 0.25) is 5.91 Å². The number of halogens is 2. The van der Waals surface area contributed by atoms with E-state index in [9.17, 15) is 4.79 Å². The van der Waals surface area contributed by atoms with E-state index in [0.29, 0.717) is 22.8 Å². The lowest BCUT2D eigenvalue weighted by molar-refractivity contribution is -0.120. The number of hydrogen-bond donors (Lipinski definition) is 1. The number of nitrogens with zero attached hydrogens (tertiary/aromatic N) is 1. The number of ether oxygens (including phenoxy) is 1. The van der Waals surface area contributed by atoms with E-state index >= 15 is 0 Å². The van der Waals surface area contributed by atoms with Gasteiger partial charge in [-0.1, -0.05) is 0 Å². The van der Waals surface area contributed by atoms with Gasteiger partial charge in [0.05, 0.1) is 6.61 Å². The molecule has 0 saturated carbocycles. The van der Waals surface area contributed by atoms with Gasteiger partial charge in [-0.05, 0) is 28.1 Å². The molecular weight excluding hydrogens is 283 g/mol. The maximum atomic E-state index is 11.3. The Labute approximate surface area is 101 Å². The van der Waals surface area contributed by atoms with Crippen LogP contribution in [0.15, 0.2) is 22.9 Å². The van der Waals surface area contributed by atoms with Gasteiger partial charge in [0.15, 0.2) is 0 Å². The Hall–Kier alpha value is -0.650. The first kappa shape index (κ1) is 12.4. The second-order valence-electron chi connectivity index (χ2n) is 2.66. The number of carbonyl (C=O) groups excluding carboxylic acids is 1. The smallest absolute Gasteiger partial charge is 0.250 e. The van der Waals surface area contributed by atoms with Gasteiger partial charge in [-0.3, -0.25) is 4.79 Å². The fourth-order valence-corrected chi connectivity index (χ4v) is 1.37. The van der Waals surface area contributed by atoms with Crippen molar-refractivity contribution in [2.45, 2.75) is 0 Å². The summed E-state index contributed by atoms with van der Waals surface area (Å²) in [6.45, 7) is 0.377. The quantitative estimate of drug-likeness (QED) is 0.513. The molecule has 0 radical (unpaired) electrons. The highest BCUT2D eigenvalue weighted by atomic mass is 79.9. The summed E-state index contributed by atoms with van der Waals surface area (Å²) in [4.78, 5) is 15.2. The minimum atomic E-state index is -0.210. The zero-order chi connectivity index (χ0) is 11.1. The van der Waals surface area contributed by atoms with Crippen molar-refractivity contribution in [3.05, 3.63) is 22.9 Å². The zero-order valence-electron chi connectivity index (χ0n) is 7.87. The minimum absolute atomic E-state index is 0.00661. The molecular formula is C9H10BrClN2O2. The highest BCUT2D eigenvalue weighted by molar-refractivity contribution is 9.10. The first-order valence-electron chi connectivity index (χ1n) is 4.27. The molecule has 4 nitrogen and oxygen atoms in total. The van der Waals surface area contributed by atoms with E-state index < -0.39 is 0 Å². The summed E-state index contributed by atoms with van der Waals surface area (Å²) < 4.78 is 5.64. The van der Waals surface area contributed by atoms with E-state index in [1.807, 2.05) is 0 Å². The summed E-state index contributed by atoms with van der Waals surface area (Å²) in [5.74, 6) is 0.173. The molecule has 1 aromatic rings. The molecule has 1 heterocycles.